The highest BCUT2D eigenvalue weighted by Gasteiger charge is 2.25. The standard InChI is InChI=1S/C16H24N2O2/c1-20-16(19)7-8-18-11-14(10-15(17)12-18)9-13-5-3-2-4-6-13/h2-6,14-15H,7-12,17H2,1H3. The van der Waals surface area contributed by atoms with E-state index in [1.165, 1.54) is 12.7 Å². The zero-order valence-electron chi connectivity index (χ0n) is 12.1. The van der Waals surface area contributed by atoms with Crippen molar-refractivity contribution < 1.29 is 9.53 Å². The van der Waals surface area contributed by atoms with Crippen LogP contribution in [0.1, 0.15) is 18.4 Å². The summed E-state index contributed by atoms with van der Waals surface area (Å²) in [4.78, 5) is 13.5. The van der Waals surface area contributed by atoms with Gasteiger partial charge in [-0.1, -0.05) is 30.3 Å². The van der Waals surface area contributed by atoms with Crippen molar-refractivity contribution in [3.05, 3.63) is 35.9 Å². The highest BCUT2D eigenvalue weighted by molar-refractivity contribution is 5.69. The van der Waals surface area contributed by atoms with Gasteiger partial charge in [0, 0.05) is 25.7 Å². The van der Waals surface area contributed by atoms with Gasteiger partial charge in [-0.2, -0.15) is 0 Å². The number of nitrogens with two attached hydrogens (primary N) is 1. The molecule has 0 saturated carbocycles. The van der Waals surface area contributed by atoms with E-state index in [1.54, 1.807) is 0 Å². The van der Waals surface area contributed by atoms with Crippen molar-refractivity contribution in [3.8, 4) is 0 Å². The van der Waals surface area contributed by atoms with E-state index in [9.17, 15) is 4.79 Å². The fourth-order valence-electron chi connectivity index (χ4n) is 2.98. The van der Waals surface area contributed by atoms with Crippen LogP contribution in [0.3, 0.4) is 0 Å². The molecule has 1 saturated heterocycles. The van der Waals surface area contributed by atoms with E-state index in [0.717, 1.165) is 32.5 Å². The molecule has 2 atom stereocenters. The zero-order valence-corrected chi connectivity index (χ0v) is 12.1. The average molecular weight is 276 g/mol. The number of methoxy groups -OCH3 is 1. The first-order valence-corrected chi connectivity index (χ1v) is 7.26. The maximum atomic E-state index is 11.2. The van der Waals surface area contributed by atoms with Crippen LogP contribution in [0, 0.1) is 5.92 Å². The Kier molecular flexibility index (Phi) is 5.56. The molecular formula is C16H24N2O2. The summed E-state index contributed by atoms with van der Waals surface area (Å²) in [5.74, 6) is 0.419. The van der Waals surface area contributed by atoms with Gasteiger partial charge in [-0.3, -0.25) is 4.79 Å². The summed E-state index contributed by atoms with van der Waals surface area (Å²) in [6, 6.07) is 10.7. The summed E-state index contributed by atoms with van der Waals surface area (Å²) in [6.07, 6.45) is 2.56. The minimum atomic E-state index is -0.149. The van der Waals surface area contributed by atoms with Crippen molar-refractivity contribution >= 4 is 5.97 Å². The molecule has 4 heteroatoms. The van der Waals surface area contributed by atoms with Crippen LogP contribution in [0.5, 0.6) is 0 Å². The molecule has 0 aliphatic carbocycles. The molecule has 1 heterocycles. The Hall–Kier alpha value is -1.39. The molecule has 0 radical (unpaired) electrons. The second-order valence-electron chi connectivity index (χ2n) is 5.64. The highest BCUT2D eigenvalue weighted by atomic mass is 16.5. The lowest BCUT2D eigenvalue weighted by Gasteiger charge is -2.36. The van der Waals surface area contributed by atoms with Crippen molar-refractivity contribution in [2.75, 3.05) is 26.7 Å². The van der Waals surface area contributed by atoms with Gasteiger partial charge in [0.1, 0.15) is 0 Å². The van der Waals surface area contributed by atoms with Crippen molar-refractivity contribution in [2.45, 2.75) is 25.3 Å². The lowest BCUT2D eigenvalue weighted by molar-refractivity contribution is -0.141. The Morgan fingerprint density at radius 2 is 2.10 bits per heavy atom. The van der Waals surface area contributed by atoms with Crippen LogP contribution in [0.15, 0.2) is 30.3 Å². The van der Waals surface area contributed by atoms with Gasteiger partial charge in [-0.25, -0.2) is 0 Å². The molecule has 0 amide bonds. The van der Waals surface area contributed by atoms with Crippen LogP contribution in [0.4, 0.5) is 0 Å². The van der Waals surface area contributed by atoms with E-state index in [2.05, 4.69) is 29.2 Å². The Morgan fingerprint density at radius 1 is 1.35 bits per heavy atom. The minimum Gasteiger partial charge on any atom is -0.469 e. The van der Waals surface area contributed by atoms with Crippen molar-refractivity contribution in [1.82, 2.24) is 4.90 Å². The first-order chi connectivity index (χ1) is 9.67. The molecule has 0 spiro atoms. The summed E-state index contributed by atoms with van der Waals surface area (Å²) in [7, 11) is 1.43. The molecule has 4 nitrogen and oxygen atoms in total. The monoisotopic (exact) mass is 276 g/mol. The molecule has 1 aromatic carbocycles. The maximum absolute atomic E-state index is 11.2. The second-order valence-corrected chi connectivity index (χ2v) is 5.64. The fraction of sp³-hybridized carbons (Fsp3) is 0.562. The summed E-state index contributed by atoms with van der Waals surface area (Å²) < 4.78 is 4.69. The van der Waals surface area contributed by atoms with Gasteiger partial charge in [0.15, 0.2) is 0 Å². The van der Waals surface area contributed by atoms with Gasteiger partial charge >= 0.3 is 5.97 Å². The number of ether oxygens (including phenoxy) is 1. The van der Waals surface area contributed by atoms with Crippen molar-refractivity contribution in [1.29, 1.82) is 0 Å². The molecule has 1 aliphatic heterocycles. The molecule has 1 aromatic rings. The van der Waals surface area contributed by atoms with Gasteiger partial charge in [0.25, 0.3) is 0 Å². The number of carbonyl (C=O) groups is 1. The lowest BCUT2D eigenvalue weighted by Crippen LogP contribution is -2.48. The first-order valence-electron chi connectivity index (χ1n) is 7.26. The van der Waals surface area contributed by atoms with E-state index in [0.29, 0.717) is 12.3 Å². The molecular weight excluding hydrogens is 252 g/mol. The Bertz CT molecular complexity index is 422. The third-order valence-corrected chi connectivity index (χ3v) is 3.87. The number of hydrogen-bond acceptors (Lipinski definition) is 4. The smallest absolute Gasteiger partial charge is 0.306 e. The van der Waals surface area contributed by atoms with Gasteiger partial charge in [-0.15, -0.1) is 0 Å². The number of nitrogens with zero attached hydrogens (tertiary/aromatic N) is 1. The van der Waals surface area contributed by atoms with Crippen LogP contribution >= 0.6 is 0 Å². The SMILES string of the molecule is COC(=O)CCN1CC(N)CC(Cc2ccccc2)C1. The Labute approximate surface area is 120 Å². The van der Waals surface area contributed by atoms with Crippen molar-refractivity contribution in [2.24, 2.45) is 11.7 Å². The molecule has 0 bridgehead atoms. The molecule has 2 unspecified atom stereocenters. The first kappa shape index (κ1) is 15.0. The highest BCUT2D eigenvalue weighted by Crippen LogP contribution is 2.20. The minimum absolute atomic E-state index is 0.149. The molecule has 1 aliphatic rings. The molecule has 2 rings (SSSR count). The number of hydrogen-bond donors (Lipinski definition) is 1. The lowest BCUT2D eigenvalue weighted by atomic mass is 9.89. The molecule has 1 fully saturated rings. The van der Waals surface area contributed by atoms with Crippen LogP contribution in [0.25, 0.3) is 0 Å². The quantitative estimate of drug-likeness (QED) is 0.827. The fourth-order valence-corrected chi connectivity index (χ4v) is 2.98. The van der Waals surface area contributed by atoms with Gasteiger partial charge < -0.3 is 15.4 Å². The van der Waals surface area contributed by atoms with Crippen LogP contribution in [-0.4, -0.2) is 43.7 Å². The number of piperidine rings is 1. The van der Waals surface area contributed by atoms with Crippen molar-refractivity contribution in [3.63, 3.8) is 0 Å². The topological polar surface area (TPSA) is 55.6 Å². The normalized spacial score (nSPS) is 23.5. The molecule has 0 aromatic heterocycles. The van der Waals surface area contributed by atoms with E-state index in [1.807, 2.05) is 6.07 Å². The maximum Gasteiger partial charge on any atom is 0.306 e. The van der Waals surface area contributed by atoms with Gasteiger partial charge in [0.05, 0.1) is 13.5 Å². The number of likely N-dealkylation sites (tertiary alicyclic amines) is 1. The third kappa shape index (κ3) is 4.62. The molecule has 110 valence electrons. The van der Waals surface area contributed by atoms with E-state index in [4.69, 9.17) is 10.5 Å². The number of carbonyl (C=O) groups excluding carboxylic acids is 1. The second kappa shape index (κ2) is 7.41. The van der Waals surface area contributed by atoms with Crippen LogP contribution < -0.4 is 5.73 Å². The number of esters is 1. The predicted octanol–water partition coefficient (Wildman–Crippen LogP) is 1.44. The summed E-state index contributed by atoms with van der Waals surface area (Å²) in [5, 5.41) is 0. The summed E-state index contributed by atoms with van der Waals surface area (Å²) in [5.41, 5.74) is 7.51. The summed E-state index contributed by atoms with van der Waals surface area (Å²) >= 11 is 0. The molecule has 20 heavy (non-hydrogen) atoms. The largest absolute Gasteiger partial charge is 0.469 e. The number of rotatable bonds is 5. The Balaban J connectivity index is 1.86. The van der Waals surface area contributed by atoms with E-state index < -0.39 is 0 Å². The number of benzene rings is 1. The zero-order chi connectivity index (χ0) is 14.4. The van der Waals surface area contributed by atoms with Crippen LogP contribution in [-0.2, 0) is 16.0 Å². The van der Waals surface area contributed by atoms with E-state index >= 15 is 0 Å². The van der Waals surface area contributed by atoms with Gasteiger partial charge in [-0.05, 0) is 24.3 Å². The average Bonchev–Trinajstić information content (AvgIpc) is 2.45. The molecule has 2 N–H and O–H groups in total. The van der Waals surface area contributed by atoms with Gasteiger partial charge in [0.2, 0.25) is 0 Å². The Morgan fingerprint density at radius 3 is 2.80 bits per heavy atom. The third-order valence-electron chi connectivity index (χ3n) is 3.87. The van der Waals surface area contributed by atoms with Crippen LogP contribution in [0.2, 0.25) is 0 Å². The predicted molar refractivity (Wildman–Crippen MR) is 79.3 cm³/mol. The summed E-state index contributed by atoms with van der Waals surface area (Å²) in [6.45, 7) is 2.63. The van der Waals surface area contributed by atoms with E-state index in [-0.39, 0.29) is 12.0 Å².